The van der Waals surface area contributed by atoms with Gasteiger partial charge in [0.2, 0.25) is 0 Å². The SMILES string of the molecule is c1cc(-c2cccc(-c3ccc4oc5cnc(-c6cccc(-n7c8ccccc8c8ccccc87)c6)cc5c4c3)c2)cc(-c2ccc3oc4cnccc4c3c2)c1. The molecule has 0 fully saturated rings. The van der Waals surface area contributed by atoms with Crippen LogP contribution in [-0.2, 0) is 0 Å². The molecule has 0 aliphatic heterocycles. The zero-order valence-corrected chi connectivity index (χ0v) is 30.6. The Bertz CT molecular complexity index is 3500. The summed E-state index contributed by atoms with van der Waals surface area (Å²) in [7, 11) is 0. The van der Waals surface area contributed by atoms with E-state index in [4.69, 9.17) is 13.8 Å². The summed E-state index contributed by atoms with van der Waals surface area (Å²) in [6, 6.07) is 60.4. The van der Waals surface area contributed by atoms with E-state index in [1.807, 2.05) is 18.5 Å². The first-order valence-electron chi connectivity index (χ1n) is 19.1. The molecule has 5 nitrogen and oxygen atoms in total. The summed E-state index contributed by atoms with van der Waals surface area (Å²) in [4.78, 5) is 9.11. The van der Waals surface area contributed by atoms with Crippen molar-refractivity contribution in [1.82, 2.24) is 14.5 Å². The van der Waals surface area contributed by atoms with E-state index in [1.54, 1.807) is 6.20 Å². The Morgan fingerprint density at radius 3 is 1.53 bits per heavy atom. The van der Waals surface area contributed by atoms with Gasteiger partial charge >= 0.3 is 0 Å². The Labute approximate surface area is 326 Å². The zero-order valence-electron chi connectivity index (χ0n) is 30.6. The lowest BCUT2D eigenvalue weighted by atomic mass is 9.95. The molecule has 0 bridgehead atoms. The van der Waals surface area contributed by atoms with Crippen molar-refractivity contribution in [1.29, 1.82) is 0 Å². The molecule has 0 amide bonds. The maximum atomic E-state index is 6.33. The van der Waals surface area contributed by atoms with Gasteiger partial charge in [-0.15, -0.1) is 0 Å². The van der Waals surface area contributed by atoms with Crippen molar-refractivity contribution in [2.24, 2.45) is 0 Å². The highest BCUT2D eigenvalue weighted by molar-refractivity contribution is 6.10. The molecule has 0 saturated heterocycles. The number of nitrogens with zero attached hydrogens (tertiary/aromatic N) is 3. The van der Waals surface area contributed by atoms with Crippen LogP contribution >= 0.6 is 0 Å². The van der Waals surface area contributed by atoms with Crippen LogP contribution in [0.5, 0.6) is 0 Å². The largest absolute Gasteiger partial charge is 0.454 e. The third kappa shape index (κ3) is 5.10. The minimum Gasteiger partial charge on any atom is -0.454 e. The van der Waals surface area contributed by atoms with E-state index in [9.17, 15) is 0 Å². The first-order valence-corrected chi connectivity index (χ1v) is 19.1. The third-order valence-electron chi connectivity index (χ3n) is 11.3. The number of rotatable bonds is 5. The average Bonchev–Trinajstić information content (AvgIpc) is 3.95. The van der Waals surface area contributed by atoms with Gasteiger partial charge in [0.05, 0.1) is 29.1 Å². The van der Waals surface area contributed by atoms with Crippen LogP contribution in [-0.4, -0.2) is 14.5 Å². The lowest BCUT2D eigenvalue weighted by molar-refractivity contribution is 0.666. The second-order valence-corrected chi connectivity index (χ2v) is 14.6. The molecule has 0 radical (unpaired) electrons. The van der Waals surface area contributed by atoms with E-state index >= 15 is 0 Å². The van der Waals surface area contributed by atoms with Crippen molar-refractivity contribution in [2.45, 2.75) is 0 Å². The predicted octanol–water partition coefficient (Wildman–Crippen LogP) is 14.0. The van der Waals surface area contributed by atoms with Gasteiger partial charge in [0.1, 0.15) is 11.2 Å². The quantitative estimate of drug-likeness (QED) is 0.177. The molecule has 0 saturated carbocycles. The monoisotopic (exact) mass is 729 g/mol. The van der Waals surface area contributed by atoms with Crippen LogP contribution in [0.25, 0.3) is 116 Å². The second kappa shape index (κ2) is 12.4. The lowest BCUT2D eigenvalue weighted by Crippen LogP contribution is -1.94. The van der Waals surface area contributed by atoms with Crippen LogP contribution in [0.4, 0.5) is 0 Å². The third-order valence-corrected chi connectivity index (χ3v) is 11.3. The van der Waals surface area contributed by atoms with Gasteiger partial charge in [0, 0.05) is 49.8 Å². The number of furan rings is 2. The fourth-order valence-corrected chi connectivity index (χ4v) is 8.59. The lowest BCUT2D eigenvalue weighted by Gasteiger charge is -2.10. The van der Waals surface area contributed by atoms with Crippen LogP contribution in [0, 0.1) is 0 Å². The molecular weight excluding hydrogens is 699 g/mol. The van der Waals surface area contributed by atoms with E-state index in [-0.39, 0.29) is 0 Å². The summed E-state index contributed by atoms with van der Waals surface area (Å²) in [6.07, 6.45) is 5.44. The zero-order chi connectivity index (χ0) is 37.5. The van der Waals surface area contributed by atoms with Gasteiger partial charge in [-0.25, -0.2) is 0 Å². The van der Waals surface area contributed by atoms with E-state index in [2.05, 4.69) is 173 Å². The van der Waals surface area contributed by atoms with E-state index in [0.29, 0.717) is 0 Å². The highest BCUT2D eigenvalue weighted by atomic mass is 16.3. The summed E-state index contributed by atoms with van der Waals surface area (Å²) < 4.78 is 14.7. The Balaban J connectivity index is 0.902. The molecule has 0 aliphatic carbocycles. The molecule has 5 heterocycles. The summed E-state index contributed by atoms with van der Waals surface area (Å²) in [5, 5.41) is 6.76. The predicted molar refractivity (Wildman–Crippen MR) is 233 cm³/mol. The van der Waals surface area contributed by atoms with Gasteiger partial charge in [-0.3, -0.25) is 9.97 Å². The highest BCUT2D eigenvalue weighted by Crippen LogP contribution is 2.38. The van der Waals surface area contributed by atoms with Crippen LogP contribution in [0.3, 0.4) is 0 Å². The van der Waals surface area contributed by atoms with Crippen LogP contribution in [0.2, 0.25) is 0 Å². The number of benzene rings is 7. The number of para-hydroxylation sites is 2. The number of pyridine rings is 2. The molecule has 7 aromatic carbocycles. The van der Waals surface area contributed by atoms with Gasteiger partial charge in [0.25, 0.3) is 0 Å². The topological polar surface area (TPSA) is 57.0 Å². The number of aromatic nitrogens is 3. The molecule has 5 heteroatoms. The van der Waals surface area contributed by atoms with Crippen LogP contribution in [0.1, 0.15) is 0 Å². The van der Waals surface area contributed by atoms with Crippen molar-refractivity contribution in [3.63, 3.8) is 0 Å². The Hall–Kier alpha value is -7.76. The minimum absolute atomic E-state index is 0.772. The van der Waals surface area contributed by atoms with Crippen LogP contribution < -0.4 is 0 Å². The Morgan fingerprint density at radius 1 is 0.351 bits per heavy atom. The number of hydrogen-bond acceptors (Lipinski definition) is 4. The molecular formula is C52H31N3O2. The fraction of sp³-hybridized carbons (Fsp3) is 0. The van der Waals surface area contributed by atoms with Crippen LogP contribution in [0.15, 0.2) is 197 Å². The molecule has 0 N–H and O–H groups in total. The summed E-state index contributed by atoms with van der Waals surface area (Å²) >= 11 is 0. The molecule has 12 aromatic rings. The normalized spacial score (nSPS) is 11.9. The average molecular weight is 730 g/mol. The van der Waals surface area contributed by atoms with Gasteiger partial charge in [0.15, 0.2) is 11.2 Å². The van der Waals surface area contributed by atoms with Crippen molar-refractivity contribution >= 4 is 65.7 Å². The molecule has 57 heavy (non-hydrogen) atoms. The van der Waals surface area contributed by atoms with E-state index < -0.39 is 0 Å². The molecule has 0 spiro atoms. The smallest absolute Gasteiger partial charge is 0.153 e. The summed E-state index contributed by atoms with van der Waals surface area (Å²) in [5.74, 6) is 0. The molecule has 0 atom stereocenters. The van der Waals surface area contributed by atoms with Crippen molar-refractivity contribution < 1.29 is 8.83 Å². The van der Waals surface area contributed by atoms with E-state index in [1.165, 1.54) is 21.8 Å². The molecule has 12 rings (SSSR count). The van der Waals surface area contributed by atoms with Crippen molar-refractivity contribution in [3.05, 3.63) is 188 Å². The standard InChI is InChI=1S/C52H31N3O2/c1-3-16-47-40(14-1)41-15-2-4-17-48(41)55(47)39-13-7-12-38(26-39)46-29-45-44-28-37(19-21-50(44)57-52(45)31-54-46)35-11-6-9-33(25-35)32-8-5-10-34(24-32)36-18-20-49-43(27-36)42-22-23-53-30-51(42)56-49/h1-31H. The first-order chi connectivity index (χ1) is 28.2. The maximum Gasteiger partial charge on any atom is 0.153 e. The van der Waals surface area contributed by atoms with Gasteiger partial charge < -0.3 is 13.4 Å². The number of fused-ring (bicyclic) bond motifs is 9. The second-order valence-electron chi connectivity index (χ2n) is 14.6. The molecule has 5 aromatic heterocycles. The Morgan fingerprint density at radius 2 is 0.877 bits per heavy atom. The maximum absolute atomic E-state index is 6.33. The minimum atomic E-state index is 0.772. The molecule has 0 unspecified atom stereocenters. The number of hydrogen-bond donors (Lipinski definition) is 0. The van der Waals surface area contributed by atoms with E-state index in [0.717, 1.165) is 94.2 Å². The first kappa shape index (κ1) is 31.6. The van der Waals surface area contributed by atoms with Gasteiger partial charge in [-0.1, -0.05) is 97.1 Å². The van der Waals surface area contributed by atoms with Gasteiger partial charge in [-0.2, -0.15) is 0 Å². The molecule has 0 aliphatic rings. The molecule has 266 valence electrons. The van der Waals surface area contributed by atoms with Crippen molar-refractivity contribution in [3.8, 4) is 50.3 Å². The fourth-order valence-electron chi connectivity index (χ4n) is 8.59. The Kier molecular flexibility index (Phi) is 6.86. The highest BCUT2D eigenvalue weighted by Gasteiger charge is 2.15. The summed E-state index contributed by atoms with van der Waals surface area (Å²) in [6.45, 7) is 0. The summed E-state index contributed by atoms with van der Waals surface area (Å²) in [5.41, 5.74) is 15.6. The van der Waals surface area contributed by atoms with Crippen molar-refractivity contribution in [2.75, 3.05) is 0 Å². The van der Waals surface area contributed by atoms with Gasteiger partial charge in [-0.05, 0) is 106 Å².